The van der Waals surface area contributed by atoms with Gasteiger partial charge >= 0.3 is 0 Å². The number of phenols is 2. The lowest BCUT2D eigenvalue weighted by Gasteiger charge is -2.14. The molecule has 5 N–H and O–H groups in total. The Balaban J connectivity index is 1.68. The van der Waals surface area contributed by atoms with Crippen LogP contribution in [-0.2, 0) is 0 Å². The molecule has 5 nitrogen and oxygen atoms in total. The van der Waals surface area contributed by atoms with Gasteiger partial charge in [-0.2, -0.15) is 0 Å². The Morgan fingerprint density at radius 1 is 1.00 bits per heavy atom. The van der Waals surface area contributed by atoms with E-state index in [1.807, 2.05) is 0 Å². The lowest BCUT2D eigenvalue weighted by molar-refractivity contribution is 0.430. The highest BCUT2D eigenvalue weighted by Crippen LogP contribution is 2.27. The summed E-state index contributed by atoms with van der Waals surface area (Å²) in [7, 11) is 0. The van der Waals surface area contributed by atoms with Gasteiger partial charge < -0.3 is 15.5 Å². The maximum atomic E-state index is 13.7. The van der Waals surface area contributed by atoms with E-state index >= 15 is 0 Å². The molecule has 0 bridgehead atoms. The van der Waals surface area contributed by atoms with E-state index in [4.69, 9.17) is 0 Å². The summed E-state index contributed by atoms with van der Waals surface area (Å²) >= 11 is 0. The standard InChI is InChI=1S/C15H15F2N3O2/c16-10-6-9(21)2-3-12(10)18-15-7-13(19-20-15)8-1-4-14(22)11(17)5-8/h1-6,13,15,18-22H,7H2. The maximum absolute atomic E-state index is 13.7. The number of anilines is 1. The normalized spacial score (nSPS) is 21.0. The molecule has 0 radical (unpaired) electrons. The van der Waals surface area contributed by atoms with Crippen molar-refractivity contribution >= 4 is 5.69 Å². The second kappa shape index (κ2) is 5.78. The second-order valence-electron chi connectivity index (χ2n) is 5.15. The zero-order valence-corrected chi connectivity index (χ0v) is 11.5. The topological polar surface area (TPSA) is 76.5 Å². The number of aromatic hydroxyl groups is 2. The van der Waals surface area contributed by atoms with E-state index in [9.17, 15) is 19.0 Å². The number of hydrazine groups is 1. The van der Waals surface area contributed by atoms with Crippen LogP contribution in [0.2, 0.25) is 0 Å². The third-order valence-electron chi connectivity index (χ3n) is 3.56. The predicted octanol–water partition coefficient (Wildman–Crippen LogP) is 2.35. The van der Waals surface area contributed by atoms with E-state index in [0.29, 0.717) is 12.0 Å². The summed E-state index contributed by atoms with van der Waals surface area (Å²) in [4.78, 5) is 0. The Morgan fingerprint density at radius 3 is 2.55 bits per heavy atom. The van der Waals surface area contributed by atoms with Crippen LogP contribution >= 0.6 is 0 Å². The van der Waals surface area contributed by atoms with Crippen molar-refractivity contribution in [2.24, 2.45) is 0 Å². The van der Waals surface area contributed by atoms with Crippen molar-refractivity contribution < 1.29 is 19.0 Å². The molecule has 1 heterocycles. The average molecular weight is 307 g/mol. The smallest absolute Gasteiger partial charge is 0.165 e. The molecule has 0 saturated carbocycles. The Hall–Kier alpha value is -2.38. The summed E-state index contributed by atoms with van der Waals surface area (Å²) in [5.74, 6) is -1.77. The molecule has 1 fully saturated rings. The summed E-state index contributed by atoms with van der Waals surface area (Å²) < 4.78 is 27.1. The van der Waals surface area contributed by atoms with Gasteiger partial charge in [-0.25, -0.2) is 19.6 Å². The van der Waals surface area contributed by atoms with Gasteiger partial charge in [0, 0.05) is 18.5 Å². The van der Waals surface area contributed by atoms with Gasteiger partial charge in [-0.1, -0.05) is 6.07 Å². The van der Waals surface area contributed by atoms with Crippen molar-refractivity contribution in [1.29, 1.82) is 0 Å². The lowest BCUT2D eigenvalue weighted by Crippen LogP contribution is -2.36. The van der Waals surface area contributed by atoms with Crippen LogP contribution < -0.4 is 16.2 Å². The molecule has 0 spiro atoms. The molecule has 7 heteroatoms. The van der Waals surface area contributed by atoms with Crippen LogP contribution in [0.4, 0.5) is 14.5 Å². The summed E-state index contributed by atoms with van der Waals surface area (Å²) in [5, 5.41) is 21.3. The molecule has 2 atom stereocenters. The summed E-state index contributed by atoms with van der Waals surface area (Å²) in [6.45, 7) is 0. The van der Waals surface area contributed by atoms with Crippen LogP contribution in [0.1, 0.15) is 18.0 Å². The van der Waals surface area contributed by atoms with E-state index in [1.165, 1.54) is 24.3 Å². The number of phenolic OH excluding ortho intramolecular Hbond substituents is 2. The number of benzene rings is 2. The Bertz CT molecular complexity index is 696. The van der Waals surface area contributed by atoms with Crippen molar-refractivity contribution in [3.05, 3.63) is 53.6 Å². The van der Waals surface area contributed by atoms with Gasteiger partial charge in [-0.05, 0) is 29.8 Å². The molecule has 2 unspecified atom stereocenters. The van der Waals surface area contributed by atoms with E-state index in [1.54, 1.807) is 6.07 Å². The van der Waals surface area contributed by atoms with E-state index < -0.39 is 17.4 Å². The molecule has 3 rings (SSSR count). The van der Waals surface area contributed by atoms with E-state index in [0.717, 1.165) is 6.07 Å². The molecule has 1 saturated heterocycles. The fourth-order valence-electron chi connectivity index (χ4n) is 2.42. The monoisotopic (exact) mass is 307 g/mol. The lowest BCUT2D eigenvalue weighted by atomic mass is 10.0. The van der Waals surface area contributed by atoms with Crippen molar-refractivity contribution in [3.8, 4) is 11.5 Å². The Labute approximate surface area is 125 Å². The molecule has 116 valence electrons. The van der Waals surface area contributed by atoms with Crippen molar-refractivity contribution in [2.75, 3.05) is 5.32 Å². The largest absolute Gasteiger partial charge is 0.508 e. The number of nitrogens with one attached hydrogen (secondary N) is 3. The van der Waals surface area contributed by atoms with Crippen LogP contribution in [-0.4, -0.2) is 16.4 Å². The Morgan fingerprint density at radius 2 is 1.82 bits per heavy atom. The highest BCUT2D eigenvalue weighted by Gasteiger charge is 2.26. The first kappa shape index (κ1) is 14.6. The Kier molecular flexibility index (Phi) is 3.82. The van der Waals surface area contributed by atoms with Gasteiger partial charge in [0.1, 0.15) is 11.6 Å². The van der Waals surface area contributed by atoms with Gasteiger partial charge in [0.2, 0.25) is 0 Å². The van der Waals surface area contributed by atoms with Crippen molar-refractivity contribution in [3.63, 3.8) is 0 Å². The van der Waals surface area contributed by atoms with Crippen LogP contribution in [0.5, 0.6) is 11.5 Å². The third-order valence-corrected chi connectivity index (χ3v) is 3.56. The van der Waals surface area contributed by atoms with Crippen molar-refractivity contribution in [1.82, 2.24) is 10.9 Å². The minimum absolute atomic E-state index is 0.141. The maximum Gasteiger partial charge on any atom is 0.165 e. The van der Waals surface area contributed by atoms with E-state index in [2.05, 4.69) is 16.2 Å². The minimum Gasteiger partial charge on any atom is -0.508 e. The number of hydrogen-bond acceptors (Lipinski definition) is 5. The summed E-state index contributed by atoms with van der Waals surface area (Å²) in [6, 6.07) is 7.87. The quantitative estimate of drug-likeness (QED) is 0.563. The molecule has 2 aromatic rings. The average Bonchev–Trinajstić information content (AvgIpc) is 2.93. The van der Waals surface area contributed by atoms with Gasteiger partial charge in [0.05, 0.1) is 11.9 Å². The molecule has 22 heavy (non-hydrogen) atoms. The van der Waals surface area contributed by atoms with Gasteiger partial charge in [-0.3, -0.25) is 0 Å². The van der Waals surface area contributed by atoms with Gasteiger partial charge in [-0.15, -0.1) is 0 Å². The first-order valence-electron chi connectivity index (χ1n) is 6.77. The fourth-order valence-corrected chi connectivity index (χ4v) is 2.42. The molecule has 0 aromatic heterocycles. The molecule has 2 aromatic carbocycles. The zero-order chi connectivity index (χ0) is 15.7. The predicted molar refractivity (Wildman–Crippen MR) is 77.2 cm³/mol. The fraction of sp³-hybridized carbons (Fsp3) is 0.200. The van der Waals surface area contributed by atoms with Crippen LogP contribution in [0, 0.1) is 11.6 Å². The minimum atomic E-state index is -0.680. The molecule has 0 amide bonds. The molecule has 1 aliphatic rings. The van der Waals surface area contributed by atoms with E-state index in [-0.39, 0.29) is 23.6 Å². The molecule has 1 aliphatic heterocycles. The summed E-state index contributed by atoms with van der Waals surface area (Å²) in [6.07, 6.45) is 0.283. The van der Waals surface area contributed by atoms with Crippen LogP contribution in [0.25, 0.3) is 0 Å². The van der Waals surface area contributed by atoms with Gasteiger partial charge in [0.25, 0.3) is 0 Å². The number of halogens is 2. The molecular formula is C15H15F2N3O2. The summed E-state index contributed by atoms with van der Waals surface area (Å²) in [5.41, 5.74) is 6.88. The number of rotatable bonds is 3. The first-order valence-corrected chi connectivity index (χ1v) is 6.77. The van der Waals surface area contributed by atoms with Gasteiger partial charge in [0.15, 0.2) is 11.6 Å². The SMILES string of the molecule is Oc1ccc(NC2CC(c3ccc(O)c(F)c3)NN2)c(F)c1. The molecular weight excluding hydrogens is 292 g/mol. The first-order chi connectivity index (χ1) is 10.5. The van der Waals surface area contributed by atoms with Crippen molar-refractivity contribution in [2.45, 2.75) is 18.6 Å². The second-order valence-corrected chi connectivity index (χ2v) is 5.15. The van der Waals surface area contributed by atoms with Crippen LogP contribution in [0.3, 0.4) is 0 Å². The molecule has 0 aliphatic carbocycles. The highest BCUT2D eigenvalue weighted by atomic mass is 19.1. The highest BCUT2D eigenvalue weighted by molar-refractivity contribution is 5.48. The zero-order valence-electron chi connectivity index (χ0n) is 11.5. The third kappa shape index (κ3) is 2.95. The van der Waals surface area contributed by atoms with Crippen LogP contribution in [0.15, 0.2) is 36.4 Å². The number of hydrogen-bond donors (Lipinski definition) is 5.